The summed E-state index contributed by atoms with van der Waals surface area (Å²) in [5.41, 5.74) is 1.22. The summed E-state index contributed by atoms with van der Waals surface area (Å²) in [5.74, 6) is 0. The predicted octanol–water partition coefficient (Wildman–Crippen LogP) is 2.79. The number of pyridine rings is 1. The summed E-state index contributed by atoms with van der Waals surface area (Å²) in [6.45, 7) is 4.21. The number of piperazine rings is 1. The van der Waals surface area contributed by atoms with E-state index < -0.39 is 0 Å². The van der Waals surface area contributed by atoms with Crippen molar-refractivity contribution in [1.82, 2.24) is 15.2 Å². The minimum atomic E-state index is 0.298. The molecule has 1 fully saturated rings. The molecule has 1 atom stereocenters. The molecule has 0 bridgehead atoms. The monoisotopic (exact) mass is 293 g/mol. The largest absolute Gasteiger partial charge is 0.314 e. The van der Waals surface area contributed by atoms with Crippen LogP contribution in [0.4, 0.5) is 0 Å². The average Bonchev–Trinajstić information content (AvgIpc) is 2.96. The quantitative estimate of drug-likeness (QED) is 0.882. The lowest BCUT2D eigenvalue weighted by atomic mass is 10.0. The molecule has 0 aliphatic carbocycles. The first-order chi connectivity index (χ1) is 9.34. The number of nitrogens with zero attached hydrogens (tertiary/aromatic N) is 2. The highest BCUT2D eigenvalue weighted by Gasteiger charge is 2.24. The fourth-order valence-corrected chi connectivity index (χ4v) is 3.49. The third-order valence-electron chi connectivity index (χ3n) is 3.40. The van der Waals surface area contributed by atoms with Crippen LogP contribution in [-0.2, 0) is 0 Å². The molecule has 1 aliphatic rings. The third kappa shape index (κ3) is 2.98. The van der Waals surface area contributed by atoms with E-state index in [1.807, 2.05) is 12.3 Å². The summed E-state index contributed by atoms with van der Waals surface area (Å²) in [4.78, 5) is 8.11. The van der Waals surface area contributed by atoms with Crippen molar-refractivity contribution in [1.29, 1.82) is 0 Å². The van der Waals surface area contributed by atoms with Crippen molar-refractivity contribution in [2.75, 3.05) is 26.2 Å². The third-order valence-corrected chi connectivity index (χ3v) is 4.54. The molecule has 0 aromatic carbocycles. The summed E-state index contributed by atoms with van der Waals surface area (Å²) in [7, 11) is 0. The van der Waals surface area contributed by atoms with Crippen LogP contribution in [0.5, 0.6) is 0 Å². The molecule has 0 amide bonds. The minimum absolute atomic E-state index is 0.298. The van der Waals surface area contributed by atoms with E-state index in [2.05, 4.69) is 38.8 Å². The molecule has 0 unspecified atom stereocenters. The Kier molecular flexibility index (Phi) is 4.13. The number of halogens is 1. The Morgan fingerprint density at radius 3 is 2.74 bits per heavy atom. The first kappa shape index (κ1) is 13.1. The molecule has 3 rings (SSSR count). The van der Waals surface area contributed by atoms with Crippen molar-refractivity contribution >= 4 is 22.9 Å². The highest BCUT2D eigenvalue weighted by Crippen LogP contribution is 2.31. The van der Waals surface area contributed by atoms with Gasteiger partial charge in [-0.15, -0.1) is 11.3 Å². The Bertz CT molecular complexity index is 506. The van der Waals surface area contributed by atoms with Gasteiger partial charge >= 0.3 is 0 Å². The van der Waals surface area contributed by atoms with Gasteiger partial charge in [0.05, 0.1) is 6.04 Å². The Morgan fingerprint density at radius 1 is 1.26 bits per heavy atom. The molecule has 3 heterocycles. The lowest BCUT2D eigenvalue weighted by Gasteiger charge is -2.34. The second-order valence-corrected chi connectivity index (χ2v) is 5.98. The predicted molar refractivity (Wildman–Crippen MR) is 79.9 cm³/mol. The van der Waals surface area contributed by atoms with Crippen molar-refractivity contribution in [3.8, 4) is 0 Å². The van der Waals surface area contributed by atoms with Crippen LogP contribution in [-0.4, -0.2) is 36.1 Å². The molecule has 1 aliphatic heterocycles. The van der Waals surface area contributed by atoms with E-state index in [-0.39, 0.29) is 0 Å². The summed E-state index contributed by atoms with van der Waals surface area (Å²) >= 11 is 7.70. The van der Waals surface area contributed by atoms with Gasteiger partial charge in [0.1, 0.15) is 5.15 Å². The number of hydrogen-bond acceptors (Lipinski definition) is 4. The van der Waals surface area contributed by atoms with Crippen molar-refractivity contribution in [3.63, 3.8) is 0 Å². The van der Waals surface area contributed by atoms with Crippen molar-refractivity contribution < 1.29 is 0 Å². The average molecular weight is 294 g/mol. The molecule has 3 nitrogen and oxygen atoms in total. The first-order valence-electron chi connectivity index (χ1n) is 6.44. The molecule has 1 saturated heterocycles. The number of hydrogen-bond donors (Lipinski definition) is 1. The van der Waals surface area contributed by atoms with Gasteiger partial charge < -0.3 is 5.32 Å². The van der Waals surface area contributed by atoms with Crippen LogP contribution in [0, 0.1) is 0 Å². The lowest BCUT2D eigenvalue weighted by Crippen LogP contribution is -2.45. The Labute approximate surface area is 122 Å². The van der Waals surface area contributed by atoms with E-state index in [0.29, 0.717) is 11.2 Å². The smallest absolute Gasteiger partial charge is 0.129 e. The zero-order valence-electron chi connectivity index (χ0n) is 10.6. The minimum Gasteiger partial charge on any atom is -0.314 e. The van der Waals surface area contributed by atoms with Crippen LogP contribution < -0.4 is 5.32 Å². The molecule has 0 saturated carbocycles. The Hall–Kier alpha value is -0.940. The summed E-state index contributed by atoms with van der Waals surface area (Å²) in [6, 6.07) is 8.57. The van der Waals surface area contributed by atoms with E-state index in [0.717, 1.165) is 26.2 Å². The maximum Gasteiger partial charge on any atom is 0.129 e. The summed E-state index contributed by atoms with van der Waals surface area (Å²) in [6.07, 6.45) is 1.90. The molecule has 100 valence electrons. The number of aromatic nitrogens is 1. The van der Waals surface area contributed by atoms with Crippen molar-refractivity contribution in [2.24, 2.45) is 0 Å². The van der Waals surface area contributed by atoms with Gasteiger partial charge in [0, 0.05) is 37.3 Å². The molecular formula is C14H16ClN3S. The highest BCUT2D eigenvalue weighted by atomic mass is 35.5. The molecule has 0 spiro atoms. The van der Waals surface area contributed by atoms with Gasteiger partial charge in [-0.2, -0.15) is 0 Å². The van der Waals surface area contributed by atoms with Crippen LogP contribution in [0.1, 0.15) is 16.5 Å². The fourth-order valence-electron chi connectivity index (χ4n) is 2.49. The van der Waals surface area contributed by atoms with Crippen LogP contribution in [0.15, 0.2) is 35.8 Å². The fraction of sp³-hybridized carbons (Fsp3) is 0.357. The molecule has 2 aromatic heterocycles. The van der Waals surface area contributed by atoms with Gasteiger partial charge in [-0.05, 0) is 23.1 Å². The van der Waals surface area contributed by atoms with Gasteiger partial charge in [0.25, 0.3) is 0 Å². The topological polar surface area (TPSA) is 28.2 Å². The number of thiophene rings is 1. The van der Waals surface area contributed by atoms with E-state index in [9.17, 15) is 0 Å². The standard InChI is InChI=1S/C14H16ClN3S/c15-13-4-3-11(10-17-13)14(12-2-1-9-19-12)18-7-5-16-6-8-18/h1-4,9-10,14,16H,5-8H2/t14-/m1/s1. The molecule has 5 heteroatoms. The zero-order valence-corrected chi connectivity index (χ0v) is 12.1. The molecule has 1 N–H and O–H groups in total. The highest BCUT2D eigenvalue weighted by molar-refractivity contribution is 7.10. The maximum atomic E-state index is 5.89. The molecule has 2 aromatic rings. The van der Waals surface area contributed by atoms with Crippen LogP contribution in [0.2, 0.25) is 5.15 Å². The van der Waals surface area contributed by atoms with Gasteiger partial charge in [-0.3, -0.25) is 4.90 Å². The Balaban J connectivity index is 1.93. The first-order valence-corrected chi connectivity index (χ1v) is 7.70. The summed E-state index contributed by atoms with van der Waals surface area (Å²) in [5, 5.41) is 6.08. The SMILES string of the molecule is Clc1ccc([C@H](c2cccs2)N2CCNCC2)cn1. The lowest BCUT2D eigenvalue weighted by molar-refractivity contribution is 0.200. The Morgan fingerprint density at radius 2 is 2.11 bits per heavy atom. The van der Waals surface area contributed by atoms with E-state index in [1.165, 1.54) is 10.4 Å². The molecule has 19 heavy (non-hydrogen) atoms. The van der Waals surface area contributed by atoms with E-state index in [4.69, 9.17) is 11.6 Å². The van der Waals surface area contributed by atoms with Crippen LogP contribution >= 0.6 is 22.9 Å². The maximum absolute atomic E-state index is 5.89. The summed E-state index contributed by atoms with van der Waals surface area (Å²) < 4.78 is 0. The van der Waals surface area contributed by atoms with E-state index in [1.54, 1.807) is 11.3 Å². The van der Waals surface area contributed by atoms with Gasteiger partial charge in [-0.1, -0.05) is 23.7 Å². The van der Waals surface area contributed by atoms with Gasteiger partial charge in [0.15, 0.2) is 0 Å². The molecule has 0 radical (unpaired) electrons. The number of rotatable bonds is 3. The van der Waals surface area contributed by atoms with Gasteiger partial charge in [-0.25, -0.2) is 4.98 Å². The zero-order chi connectivity index (χ0) is 13.1. The normalized spacial score (nSPS) is 18.4. The number of nitrogens with one attached hydrogen (secondary N) is 1. The molecular weight excluding hydrogens is 278 g/mol. The van der Waals surface area contributed by atoms with Crippen molar-refractivity contribution in [3.05, 3.63) is 51.4 Å². The van der Waals surface area contributed by atoms with Gasteiger partial charge in [0.2, 0.25) is 0 Å². The van der Waals surface area contributed by atoms with Crippen LogP contribution in [0.3, 0.4) is 0 Å². The van der Waals surface area contributed by atoms with Crippen molar-refractivity contribution in [2.45, 2.75) is 6.04 Å². The van der Waals surface area contributed by atoms with Crippen LogP contribution in [0.25, 0.3) is 0 Å². The second kappa shape index (κ2) is 6.01. The second-order valence-electron chi connectivity index (χ2n) is 4.62. The van der Waals surface area contributed by atoms with E-state index >= 15 is 0 Å².